The molecule has 2 aliphatic rings. The predicted octanol–water partition coefficient (Wildman–Crippen LogP) is 1.92. The Labute approximate surface area is 113 Å². The summed E-state index contributed by atoms with van der Waals surface area (Å²) in [6.07, 6.45) is 6.59. The Morgan fingerprint density at radius 1 is 1.63 bits per heavy atom. The summed E-state index contributed by atoms with van der Waals surface area (Å²) >= 11 is 0. The predicted molar refractivity (Wildman–Crippen MR) is 68.9 cm³/mol. The minimum Gasteiger partial charge on any atom is -0.461 e. The van der Waals surface area contributed by atoms with Gasteiger partial charge in [0.25, 0.3) is 0 Å². The summed E-state index contributed by atoms with van der Waals surface area (Å²) in [5.41, 5.74) is -0.400. The van der Waals surface area contributed by atoms with E-state index >= 15 is 0 Å². The molecule has 0 unspecified atom stereocenters. The Balaban J connectivity index is 2.09. The topological polar surface area (TPSA) is 52.6 Å². The van der Waals surface area contributed by atoms with E-state index in [2.05, 4.69) is 5.92 Å². The normalized spacial score (nSPS) is 38.2. The Morgan fingerprint density at radius 3 is 2.95 bits per heavy atom. The minimum absolute atomic E-state index is 0.0840. The highest BCUT2D eigenvalue weighted by molar-refractivity contribution is 5.84. The van der Waals surface area contributed by atoms with Crippen molar-refractivity contribution in [3.8, 4) is 12.3 Å². The average molecular weight is 264 g/mol. The molecule has 0 aromatic heterocycles. The first kappa shape index (κ1) is 13.9. The van der Waals surface area contributed by atoms with Gasteiger partial charge in [0.2, 0.25) is 0 Å². The molecule has 1 heterocycles. The quantitative estimate of drug-likeness (QED) is 0.577. The monoisotopic (exact) mass is 264 g/mol. The van der Waals surface area contributed by atoms with E-state index in [1.807, 2.05) is 13.8 Å². The highest BCUT2D eigenvalue weighted by Gasteiger charge is 2.56. The summed E-state index contributed by atoms with van der Waals surface area (Å²) in [5, 5.41) is 0. The van der Waals surface area contributed by atoms with Crippen LogP contribution in [0.2, 0.25) is 0 Å². The van der Waals surface area contributed by atoms with Gasteiger partial charge in [-0.1, -0.05) is 6.92 Å². The second-order valence-electron chi connectivity index (χ2n) is 6.04. The van der Waals surface area contributed by atoms with Gasteiger partial charge in [0.15, 0.2) is 0 Å². The number of carbonyl (C=O) groups excluding carboxylic acids is 2. The Bertz CT molecular complexity index is 436. The Kier molecular flexibility index (Phi) is 3.58. The van der Waals surface area contributed by atoms with Gasteiger partial charge in [-0.3, -0.25) is 9.59 Å². The van der Waals surface area contributed by atoms with Crippen LogP contribution in [0.4, 0.5) is 0 Å². The van der Waals surface area contributed by atoms with Crippen molar-refractivity contribution in [1.82, 2.24) is 0 Å². The maximum atomic E-state index is 12.2. The van der Waals surface area contributed by atoms with Crippen LogP contribution < -0.4 is 0 Å². The first-order chi connectivity index (χ1) is 8.86. The molecule has 1 aliphatic heterocycles. The number of esters is 2. The van der Waals surface area contributed by atoms with Crippen LogP contribution in [0.25, 0.3) is 0 Å². The summed E-state index contributed by atoms with van der Waals surface area (Å²) in [4.78, 5) is 24.1. The average Bonchev–Trinajstić information content (AvgIpc) is 2.49. The van der Waals surface area contributed by atoms with E-state index in [0.717, 1.165) is 0 Å². The summed E-state index contributed by atoms with van der Waals surface area (Å²) < 4.78 is 10.7. The van der Waals surface area contributed by atoms with Gasteiger partial charge in [0.1, 0.15) is 11.7 Å². The van der Waals surface area contributed by atoms with Crippen molar-refractivity contribution in [2.45, 2.75) is 51.7 Å². The van der Waals surface area contributed by atoms with Crippen molar-refractivity contribution >= 4 is 11.9 Å². The van der Waals surface area contributed by atoms with Crippen molar-refractivity contribution in [3.63, 3.8) is 0 Å². The molecule has 0 spiro atoms. The molecule has 0 aromatic carbocycles. The molecular weight excluding hydrogens is 244 g/mol. The Morgan fingerprint density at radius 2 is 2.32 bits per heavy atom. The summed E-state index contributed by atoms with van der Waals surface area (Å²) in [5.74, 6) is 1.21. The molecule has 19 heavy (non-hydrogen) atoms. The lowest BCUT2D eigenvalue weighted by Crippen LogP contribution is -2.41. The van der Waals surface area contributed by atoms with Crippen molar-refractivity contribution in [1.29, 1.82) is 0 Å². The fraction of sp³-hybridized carbons (Fsp3) is 0.733. The van der Waals surface area contributed by atoms with Gasteiger partial charge < -0.3 is 9.47 Å². The molecule has 0 N–H and O–H groups in total. The highest BCUT2D eigenvalue weighted by atomic mass is 16.6. The minimum atomic E-state index is -0.400. The fourth-order valence-electron chi connectivity index (χ4n) is 3.39. The number of hydrogen-bond acceptors (Lipinski definition) is 4. The highest BCUT2D eigenvalue weighted by Crippen LogP contribution is 2.48. The van der Waals surface area contributed by atoms with E-state index in [-0.39, 0.29) is 29.9 Å². The largest absolute Gasteiger partial charge is 0.461 e. The number of fused-ring (bicyclic) bond motifs is 2. The summed E-state index contributed by atoms with van der Waals surface area (Å²) in [7, 11) is 0. The lowest BCUT2D eigenvalue weighted by atomic mass is 9.69. The second kappa shape index (κ2) is 4.88. The van der Waals surface area contributed by atoms with Crippen LogP contribution in [0, 0.1) is 30.1 Å². The third kappa shape index (κ3) is 2.60. The zero-order valence-corrected chi connectivity index (χ0v) is 11.6. The number of carbonyl (C=O) groups is 2. The number of ether oxygens (including phenoxy) is 2. The molecule has 0 amide bonds. The molecule has 4 nitrogen and oxygen atoms in total. The zero-order chi connectivity index (χ0) is 14.2. The Hall–Kier alpha value is -1.50. The number of rotatable bonds is 3. The first-order valence-electron chi connectivity index (χ1n) is 6.73. The van der Waals surface area contributed by atoms with E-state index in [4.69, 9.17) is 15.9 Å². The van der Waals surface area contributed by atoms with Crippen LogP contribution in [0.5, 0.6) is 0 Å². The SMILES string of the molecule is C#CC[C@H](C)OC(=O)[C@@H]1[C@@H]2C[C@](C)(C[C@@H]1C)OC2=O. The van der Waals surface area contributed by atoms with E-state index in [1.54, 1.807) is 6.92 Å². The lowest BCUT2D eigenvalue weighted by molar-refractivity contribution is -0.160. The van der Waals surface area contributed by atoms with Crippen LogP contribution in [0.1, 0.15) is 40.0 Å². The number of hydrogen-bond donors (Lipinski definition) is 0. The first-order valence-corrected chi connectivity index (χ1v) is 6.73. The molecular formula is C15H20O4. The maximum Gasteiger partial charge on any atom is 0.310 e. The van der Waals surface area contributed by atoms with Crippen molar-refractivity contribution < 1.29 is 19.1 Å². The third-order valence-corrected chi connectivity index (χ3v) is 4.10. The van der Waals surface area contributed by atoms with E-state index in [9.17, 15) is 9.59 Å². The summed E-state index contributed by atoms with van der Waals surface area (Å²) in [6.45, 7) is 5.68. The van der Waals surface area contributed by atoms with E-state index in [1.165, 1.54) is 0 Å². The van der Waals surface area contributed by atoms with Gasteiger partial charge in [-0.05, 0) is 26.2 Å². The molecule has 1 saturated heterocycles. The van der Waals surface area contributed by atoms with Crippen molar-refractivity contribution in [2.75, 3.05) is 0 Å². The molecule has 104 valence electrons. The molecule has 1 aliphatic carbocycles. The molecule has 1 saturated carbocycles. The molecule has 5 atom stereocenters. The van der Waals surface area contributed by atoms with Crippen LogP contribution in [-0.2, 0) is 19.1 Å². The van der Waals surface area contributed by atoms with Crippen molar-refractivity contribution in [3.05, 3.63) is 0 Å². The van der Waals surface area contributed by atoms with Gasteiger partial charge in [-0.2, -0.15) is 0 Å². The maximum absolute atomic E-state index is 12.2. The van der Waals surface area contributed by atoms with E-state index < -0.39 is 11.5 Å². The van der Waals surface area contributed by atoms with Gasteiger partial charge >= 0.3 is 11.9 Å². The number of terminal acetylenes is 1. The molecule has 2 rings (SSSR count). The van der Waals surface area contributed by atoms with Gasteiger partial charge in [-0.15, -0.1) is 12.3 Å². The van der Waals surface area contributed by atoms with Gasteiger partial charge in [0.05, 0.1) is 11.8 Å². The van der Waals surface area contributed by atoms with Gasteiger partial charge in [-0.25, -0.2) is 0 Å². The van der Waals surface area contributed by atoms with E-state index in [0.29, 0.717) is 19.3 Å². The summed E-state index contributed by atoms with van der Waals surface area (Å²) in [6, 6.07) is 0. The fourth-order valence-corrected chi connectivity index (χ4v) is 3.39. The van der Waals surface area contributed by atoms with Crippen LogP contribution in [0.15, 0.2) is 0 Å². The van der Waals surface area contributed by atoms with Crippen LogP contribution >= 0.6 is 0 Å². The van der Waals surface area contributed by atoms with Crippen LogP contribution in [0.3, 0.4) is 0 Å². The third-order valence-electron chi connectivity index (χ3n) is 4.10. The smallest absolute Gasteiger partial charge is 0.310 e. The van der Waals surface area contributed by atoms with Gasteiger partial charge in [0, 0.05) is 12.8 Å². The van der Waals surface area contributed by atoms with Crippen molar-refractivity contribution in [2.24, 2.45) is 17.8 Å². The van der Waals surface area contributed by atoms with Crippen LogP contribution in [-0.4, -0.2) is 23.6 Å². The molecule has 4 heteroatoms. The lowest BCUT2D eigenvalue weighted by Gasteiger charge is -2.35. The zero-order valence-electron chi connectivity index (χ0n) is 11.6. The second-order valence-corrected chi connectivity index (χ2v) is 6.04. The molecule has 2 bridgehead atoms. The molecule has 0 aromatic rings. The standard InChI is InChI=1S/C15H20O4/c1-5-6-10(3)18-14(17)12-9(2)7-15(4)8-11(12)13(16)19-15/h1,9-12H,6-8H2,2-4H3/t9-,10-,11-,12-,15-/m0/s1. The molecule has 0 radical (unpaired) electrons. The molecule has 2 fully saturated rings.